The Morgan fingerprint density at radius 1 is 1.28 bits per heavy atom. The lowest BCUT2D eigenvalue weighted by Gasteiger charge is -2.36. The minimum atomic E-state index is 0.560. The molecular formula is C13H20N4O. The lowest BCUT2D eigenvalue weighted by atomic mass is 9.99. The van der Waals surface area contributed by atoms with E-state index in [2.05, 4.69) is 27.2 Å². The van der Waals surface area contributed by atoms with Crippen molar-refractivity contribution in [3.63, 3.8) is 0 Å². The van der Waals surface area contributed by atoms with E-state index in [1.165, 1.54) is 25.7 Å². The average Bonchev–Trinajstić information content (AvgIpc) is 2.76. The van der Waals surface area contributed by atoms with Crippen molar-refractivity contribution in [3.8, 4) is 5.88 Å². The van der Waals surface area contributed by atoms with Crippen molar-refractivity contribution in [3.05, 3.63) is 12.4 Å². The number of fused-ring (bicyclic) bond motifs is 2. The largest absolute Gasteiger partial charge is 0.480 e. The van der Waals surface area contributed by atoms with Gasteiger partial charge in [-0.15, -0.1) is 0 Å². The molecule has 2 fully saturated rings. The minimum absolute atomic E-state index is 0.560. The lowest BCUT2D eigenvalue weighted by molar-refractivity contribution is 0.352. The molecule has 18 heavy (non-hydrogen) atoms. The van der Waals surface area contributed by atoms with Crippen LogP contribution in [0.4, 0.5) is 5.82 Å². The van der Waals surface area contributed by atoms with E-state index in [-0.39, 0.29) is 0 Å². The molecule has 1 aromatic heterocycles. The van der Waals surface area contributed by atoms with Gasteiger partial charge in [-0.25, -0.2) is 0 Å². The first-order valence-corrected chi connectivity index (χ1v) is 6.61. The van der Waals surface area contributed by atoms with E-state index < -0.39 is 0 Å². The van der Waals surface area contributed by atoms with Crippen molar-refractivity contribution in [1.29, 1.82) is 0 Å². The number of rotatable bonds is 3. The smallest absolute Gasteiger partial charge is 0.233 e. The fraction of sp³-hybridized carbons (Fsp3) is 0.692. The quantitative estimate of drug-likeness (QED) is 0.871. The molecule has 3 heterocycles. The lowest BCUT2D eigenvalue weighted by Crippen LogP contribution is -2.47. The predicted octanol–water partition coefficient (Wildman–Crippen LogP) is 1.20. The Bertz CT molecular complexity index is 413. The molecule has 1 aromatic rings. The Kier molecular flexibility index (Phi) is 3.07. The molecule has 0 spiro atoms. The van der Waals surface area contributed by atoms with Crippen molar-refractivity contribution in [2.45, 2.75) is 43.8 Å². The minimum Gasteiger partial charge on any atom is -0.480 e. The van der Waals surface area contributed by atoms with E-state index in [1.54, 1.807) is 13.3 Å². The molecule has 3 rings (SSSR count). The Labute approximate surface area is 108 Å². The van der Waals surface area contributed by atoms with Crippen LogP contribution in [0.2, 0.25) is 0 Å². The van der Waals surface area contributed by atoms with Gasteiger partial charge in [-0.2, -0.15) is 4.98 Å². The van der Waals surface area contributed by atoms with E-state index in [9.17, 15) is 0 Å². The van der Waals surface area contributed by atoms with Gasteiger partial charge in [-0.3, -0.25) is 4.98 Å². The maximum absolute atomic E-state index is 5.13. The summed E-state index contributed by atoms with van der Waals surface area (Å²) in [7, 11) is 3.73. The van der Waals surface area contributed by atoms with Gasteiger partial charge in [0.15, 0.2) is 5.82 Å². The molecule has 2 unspecified atom stereocenters. The van der Waals surface area contributed by atoms with Crippen molar-refractivity contribution in [1.82, 2.24) is 15.3 Å². The maximum atomic E-state index is 5.13. The Hall–Kier alpha value is -1.36. The van der Waals surface area contributed by atoms with Gasteiger partial charge >= 0.3 is 0 Å². The average molecular weight is 248 g/mol. The Morgan fingerprint density at radius 2 is 2.00 bits per heavy atom. The molecule has 0 aromatic carbocycles. The molecule has 2 aliphatic rings. The van der Waals surface area contributed by atoms with Crippen molar-refractivity contribution >= 4 is 5.82 Å². The van der Waals surface area contributed by atoms with E-state index in [0.29, 0.717) is 24.0 Å². The monoisotopic (exact) mass is 248 g/mol. The third kappa shape index (κ3) is 2.14. The number of nitrogens with one attached hydrogen (secondary N) is 1. The fourth-order valence-electron chi connectivity index (χ4n) is 3.14. The molecule has 2 aliphatic heterocycles. The number of aromatic nitrogens is 2. The summed E-state index contributed by atoms with van der Waals surface area (Å²) in [5, 5.41) is 3.66. The van der Waals surface area contributed by atoms with Crippen molar-refractivity contribution < 1.29 is 4.74 Å². The normalized spacial score (nSPS) is 30.2. The zero-order valence-electron chi connectivity index (χ0n) is 11.0. The van der Waals surface area contributed by atoms with Crippen LogP contribution in [0.3, 0.4) is 0 Å². The summed E-state index contributed by atoms with van der Waals surface area (Å²) < 4.78 is 5.13. The van der Waals surface area contributed by atoms with Crippen LogP contribution in [-0.2, 0) is 0 Å². The molecule has 5 nitrogen and oxygen atoms in total. The second-order valence-electron chi connectivity index (χ2n) is 5.29. The first-order valence-electron chi connectivity index (χ1n) is 6.61. The van der Waals surface area contributed by atoms with E-state index in [0.717, 1.165) is 5.82 Å². The van der Waals surface area contributed by atoms with E-state index in [1.807, 2.05) is 6.20 Å². The maximum Gasteiger partial charge on any atom is 0.233 e. The fourth-order valence-corrected chi connectivity index (χ4v) is 3.14. The second-order valence-corrected chi connectivity index (χ2v) is 5.29. The van der Waals surface area contributed by atoms with Gasteiger partial charge in [0.1, 0.15) is 0 Å². The van der Waals surface area contributed by atoms with Crippen LogP contribution in [0.5, 0.6) is 5.88 Å². The third-order valence-electron chi connectivity index (χ3n) is 4.17. The molecule has 1 N–H and O–H groups in total. The van der Waals surface area contributed by atoms with E-state index >= 15 is 0 Å². The predicted molar refractivity (Wildman–Crippen MR) is 70.0 cm³/mol. The van der Waals surface area contributed by atoms with Gasteiger partial charge in [0.2, 0.25) is 5.88 Å². The summed E-state index contributed by atoms with van der Waals surface area (Å²) in [6.45, 7) is 0. The van der Waals surface area contributed by atoms with Gasteiger partial charge in [0, 0.05) is 25.2 Å². The van der Waals surface area contributed by atoms with Crippen LogP contribution in [0, 0.1) is 0 Å². The number of hydrogen-bond acceptors (Lipinski definition) is 5. The first-order chi connectivity index (χ1) is 8.76. The summed E-state index contributed by atoms with van der Waals surface area (Å²) in [6, 6.07) is 1.94. The van der Waals surface area contributed by atoms with Crippen LogP contribution in [-0.4, -0.2) is 42.3 Å². The second kappa shape index (κ2) is 4.72. The van der Waals surface area contributed by atoms with Gasteiger partial charge in [0.25, 0.3) is 0 Å². The van der Waals surface area contributed by atoms with Gasteiger partial charge < -0.3 is 15.0 Å². The van der Waals surface area contributed by atoms with Gasteiger partial charge in [-0.05, 0) is 25.7 Å². The number of nitrogens with zero attached hydrogens (tertiary/aromatic N) is 3. The molecule has 2 atom stereocenters. The third-order valence-corrected chi connectivity index (χ3v) is 4.17. The van der Waals surface area contributed by atoms with Crippen molar-refractivity contribution in [2.75, 3.05) is 19.1 Å². The highest BCUT2D eigenvalue weighted by Crippen LogP contribution is 2.30. The van der Waals surface area contributed by atoms with E-state index in [4.69, 9.17) is 4.74 Å². The summed E-state index contributed by atoms with van der Waals surface area (Å²) in [6.07, 6.45) is 8.49. The first kappa shape index (κ1) is 11.7. The number of anilines is 1. The summed E-state index contributed by atoms with van der Waals surface area (Å²) in [5.74, 6) is 1.48. The zero-order chi connectivity index (χ0) is 12.5. The number of piperidine rings is 1. The number of methoxy groups -OCH3 is 1. The SMILES string of the molecule is COc1cncc(N(C)C2CC3CCC(C2)N3)n1. The van der Waals surface area contributed by atoms with Crippen LogP contribution in [0.25, 0.3) is 0 Å². The van der Waals surface area contributed by atoms with Crippen molar-refractivity contribution in [2.24, 2.45) is 0 Å². The Morgan fingerprint density at radius 3 is 2.67 bits per heavy atom. The van der Waals surface area contributed by atoms with Gasteiger partial charge in [0.05, 0.1) is 19.5 Å². The molecule has 0 radical (unpaired) electrons. The zero-order valence-corrected chi connectivity index (χ0v) is 11.0. The summed E-state index contributed by atoms with van der Waals surface area (Å²) in [4.78, 5) is 10.9. The molecule has 98 valence electrons. The highest BCUT2D eigenvalue weighted by Gasteiger charge is 2.35. The molecule has 2 saturated heterocycles. The number of hydrogen-bond donors (Lipinski definition) is 1. The standard InChI is InChI=1S/C13H20N4O/c1-17(12-7-14-8-13(16-12)18-2)11-5-9-3-4-10(6-11)15-9/h7-11,15H,3-6H2,1-2H3. The van der Waals surface area contributed by atoms with Crippen LogP contribution in [0.15, 0.2) is 12.4 Å². The molecule has 0 amide bonds. The highest BCUT2D eigenvalue weighted by molar-refractivity contribution is 5.38. The molecular weight excluding hydrogens is 228 g/mol. The van der Waals surface area contributed by atoms with Crippen LogP contribution < -0.4 is 15.0 Å². The van der Waals surface area contributed by atoms with Crippen LogP contribution >= 0.6 is 0 Å². The molecule has 0 saturated carbocycles. The van der Waals surface area contributed by atoms with Gasteiger partial charge in [-0.1, -0.05) is 0 Å². The molecule has 5 heteroatoms. The highest BCUT2D eigenvalue weighted by atomic mass is 16.5. The molecule has 0 aliphatic carbocycles. The summed E-state index contributed by atoms with van der Waals surface area (Å²) in [5.41, 5.74) is 0. The Balaban J connectivity index is 1.75. The molecule has 2 bridgehead atoms. The topological polar surface area (TPSA) is 50.3 Å². The summed E-state index contributed by atoms with van der Waals surface area (Å²) >= 11 is 0. The van der Waals surface area contributed by atoms with Crippen LogP contribution in [0.1, 0.15) is 25.7 Å². The number of ether oxygens (including phenoxy) is 1.